The van der Waals surface area contributed by atoms with Crippen LogP contribution < -0.4 is 10.6 Å². The lowest BCUT2D eigenvalue weighted by Crippen LogP contribution is -2.48. The van der Waals surface area contributed by atoms with E-state index in [1.54, 1.807) is 14.2 Å². The lowest BCUT2D eigenvalue weighted by Gasteiger charge is -2.23. The normalized spacial score (nSPS) is 22.8. The molecule has 0 aromatic rings. The van der Waals surface area contributed by atoms with E-state index in [4.69, 9.17) is 9.47 Å². The van der Waals surface area contributed by atoms with Gasteiger partial charge in [0.25, 0.3) is 0 Å². The van der Waals surface area contributed by atoms with Crippen LogP contribution in [-0.4, -0.2) is 52.0 Å². The van der Waals surface area contributed by atoms with E-state index in [1.807, 2.05) is 0 Å². The Labute approximate surface area is 96.9 Å². The zero-order valence-corrected chi connectivity index (χ0v) is 10.1. The van der Waals surface area contributed by atoms with Gasteiger partial charge in [-0.1, -0.05) is 6.42 Å². The number of nitrogens with one attached hydrogen (secondary N) is 2. The third kappa shape index (κ3) is 4.47. The molecule has 0 bridgehead atoms. The molecule has 0 saturated carbocycles. The molecule has 1 aliphatic heterocycles. The molecule has 1 saturated heterocycles. The number of carbonyl (C=O) groups is 1. The van der Waals surface area contributed by atoms with Crippen LogP contribution >= 0.6 is 0 Å². The summed E-state index contributed by atoms with van der Waals surface area (Å²) >= 11 is 0. The maximum Gasteiger partial charge on any atom is 0.237 e. The van der Waals surface area contributed by atoms with Gasteiger partial charge < -0.3 is 20.1 Å². The van der Waals surface area contributed by atoms with Crippen molar-refractivity contribution < 1.29 is 14.3 Å². The van der Waals surface area contributed by atoms with Gasteiger partial charge in [-0.25, -0.2) is 0 Å². The van der Waals surface area contributed by atoms with E-state index in [0.717, 1.165) is 25.8 Å². The molecule has 1 aliphatic rings. The Morgan fingerprint density at radius 3 is 2.88 bits per heavy atom. The summed E-state index contributed by atoms with van der Waals surface area (Å²) in [5.74, 6) is 0.0675. The zero-order chi connectivity index (χ0) is 11.8. The summed E-state index contributed by atoms with van der Waals surface area (Å²) in [6.45, 7) is 1.93. The standard InChI is InChI=1S/C11H22N2O3/c1-15-8-9(16-2)7-13-11(14)10-5-3-4-6-12-10/h9-10,12H,3-8H2,1-2H3,(H,13,14)/t9?,10-/m0/s1. The lowest BCUT2D eigenvalue weighted by atomic mass is 10.0. The molecule has 2 atom stereocenters. The zero-order valence-electron chi connectivity index (χ0n) is 10.1. The predicted octanol–water partition coefficient (Wildman–Crippen LogP) is -0.0939. The van der Waals surface area contributed by atoms with E-state index < -0.39 is 0 Å². The van der Waals surface area contributed by atoms with Crippen LogP contribution in [0.1, 0.15) is 19.3 Å². The highest BCUT2D eigenvalue weighted by Gasteiger charge is 2.20. The van der Waals surface area contributed by atoms with Crippen LogP contribution in [0.5, 0.6) is 0 Å². The van der Waals surface area contributed by atoms with Crippen LogP contribution in [0.3, 0.4) is 0 Å². The Bertz CT molecular complexity index is 205. The Hall–Kier alpha value is -0.650. The molecule has 0 spiro atoms. The van der Waals surface area contributed by atoms with Crippen molar-refractivity contribution in [2.45, 2.75) is 31.4 Å². The summed E-state index contributed by atoms with van der Waals surface area (Å²) in [5.41, 5.74) is 0. The minimum Gasteiger partial charge on any atom is -0.382 e. The third-order valence-electron chi connectivity index (χ3n) is 2.82. The topological polar surface area (TPSA) is 59.6 Å². The monoisotopic (exact) mass is 230 g/mol. The molecule has 0 aromatic heterocycles. The first-order valence-corrected chi connectivity index (χ1v) is 5.80. The van der Waals surface area contributed by atoms with Gasteiger partial charge in [-0.2, -0.15) is 0 Å². The number of piperidine rings is 1. The molecule has 1 rings (SSSR count). The summed E-state index contributed by atoms with van der Waals surface area (Å²) in [5, 5.41) is 6.09. The first kappa shape index (κ1) is 13.4. The Morgan fingerprint density at radius 1 is 1.50 bits per heavy atom. The maximum absolute atomic E-state index is 11.8. The van der Waals surface area contributed by atoms with Crippen LogP contribution in [0.4, 0.5) is 0 Å². The van der Waals surface area contributed by atoms with Crippen LogP contribution in [0.25, 0.3) is 0 Å². The number of hydrogen-bond acceptors (Lipinski definition) is 4. The summed E-state index contributed by atoms with van der Waals surface area (Å²) in [6, 6.07) is -0.0335. The molecule has 0 radical (unpaired) electrons. The fourth-order valence-electron chi connectivity index (χ4n) is 1.81. The van der Waals surface area contributed by atoms with Crippen LogP contribution in [-0.2, 0) is 14.3 Å². The fraction of sp³-hybridized carbons (Fsp3) is 0.909. The predicted molar refractivity (Wildman–Crippen MR) is 61.3 cm³/mol. The van der Waals surface area contributed by atoms with Gasteiger partial charge >= 0.3 is 0 Å². The first-order chi connectivity index (χ1) is 7.77. The highest BCUT2D eigenvalue weighted by molar-refractivity contribution is 5.81. The van der Waals surface area contributed by atoms with Gasteiger partial charge in [-0.15, -0.1) is 0 Å². The smallest absolute Gasteiger partial charge is 0.237 e. The molecule has 94 valence electrons. The second kappa shape index (κ2) is 7.60. The van der Waals surface area contributed by atoms with Gasteiger partial charge in [0.15, 0.2) is 0 Å². The highest BCUT2D eigenvalue weighted by Crippen LogP contribution is 2.06. The fourth-order valence-corrected chi connectivity index (χ4v) is 1.81. The minimum atomic E-state index is -0.0717. The van der Waals surface area contributed by atoms with E-state index in [2.05, 4.69) is 10.6 Å². The Balaban J connectivity index is 2.22. The number of methoxy groups -OCH3 is 2. The largest absolute Gasteiger partial charge is 0.382 e. The van der Waals surface area contributed by atoms with Crippen molar-refractivity contribution in [2.24, 2.45) is 0 Å². The van der Waals surface area contributed by atoms with Crippen LogP contribution in [0.2, 0.25) is 0 Å². The average molecular weight is 230 g/mol. The highest BCUT2D eigenvalue weighted by atomic mass is 16.5. The van der Waals surface area contributed by atoms with E-state index in [-0.39, 0.29) is 18.1 Å². The molecule has 16 heavy (non-hydrogen) atoms. The van der Waals surface area contributed by atoms with E-state index >= 15 is 0 Å². The van der Waals surface area contributed by atoms with Gasteiger partial charge in [0, 0.05) is 20.8 Å². The maximum atomic E-state index is 11.8. The molecule has 5 heteroatoms. The van der Waals surface area contributed by atoms with Crippen LogP contribution in [0.15, 0.2) is 0 Å². The number of rotatable bonds is 6. The third-order valence-corrected chi connectivity index (χ3v) is 2.82. The van der Waals surface area contributed by atoms with Gasteiger partial charge in [0.05, 0.1) is 18.8 Å². The summed E-state index contributed by atoms with van der Waals surface area (Å²) in [6.07, 6.45) is 3.14. The molecule has 0 aliphatic carbocycles. The number of amides is 1. The van der Waals surface area contributed by atoms with Gasteiger partial charge in [-0.05, 0) is 19.4 Å². The van der Waals surface area contributed by atoms with Crippen molar-refractivity contribution in [3.63, 3.8) is 0 Å². The Morgan fingerprint density at radius 2 is 2.31 bits per heavy atom. The summed E-state index contributed by atoms with van der Waals surface area (Å²) in [4.78, 5) is 11.8. The number of carbonyl (C=O) groups excluding carboxylic acids is 1. The second-order valence-electron chi connectivity index (χ2n) is 4.06. The summed E-state index contributed by atoms with van der Waals surface area (Å²) in [7, 11) is 3.24. The SMILES string of the molecule is COCC(CNC(=O)[C@@H]1CCCCN1)OC. The molecule has 1 heterocycles. The molecule has 5 nitrogen and oxygen atoms in total. The minimum absolute atomic E-state index is 0.0335. The van der Waals surface area contributed by atoms with E-state index in [9.17, 15) is 4.79 Å². The quantitative estimate of drug-likeness (QED) is 0.669. The second-order valence-corrected chi connectivity index (χ2v) is 4.06. The van der Waals surface area contributed by atoms with Gasteiger partial charge in [0.1, 0.15) is 0 Å². The van der Waals surface area contributed by atoms with Crippen molar-refractivity contribution in [2.75, 3.05) is 33.9 Å². The van der Waals surface area contributed by atoms with Gasteiger partial charge in [0.2, 0.25) is 5.91 Å². The summed E-state index contributed by atoms with van der Waals surface area (Å²) < 4.78 is 10.1. The van der Waals surface area contributed by atoms with E-state index in [0.29, 0.717) is 13.2 Å². The first-order valence-electron chi connectivity index (χ1n) is 5.80. The number of hydrogen-bond donors (Lipinski definition) is 2. The van der Waals surface area contributed by atoms with Crippen molar-refractivity contribution in [3.05, 3.63) is 0 Å². The van der Waals surface area contributed by atoms with Crippen molar-refractivity contribution in [1.82, 2.24) is 10.6 Å². The molecule has 2 N–H and O–H groups in total. The number of ether oxygens (including phenoxy) is 2. The molecule has 1 amide bonds. The van der Waals surface area contributed by atoms with Crippen molar-refractivity contribution in [3.8, 4) is 0 Å². The van der Waals surface area contributed by atoms with Gasteiger partial charge in [-0.3, -0.25) is 4.79 Å². The van der Waals surface area contributed by atoms with E-state index in [1.165, 1.54) is 0 Å². The molecular weight excluding hydrogens is 208 g/mol. The van der Waals surface area contributed by atoms with Crippen LogP contribution in [0, 0.1) is 0 Å². The molecular formula is C11H22N2O3. The van der Waals surface area contributed by atoms with Crippen molar-refractivity contribution in [1.29, 1.82) is 0 Å². The molecule has 1 fully saturated rings. The lowest BCUT2D eigenvalue weighted by molar-refractivity contribution is -0.124. The Kier molecular flexibility index (Phi) is 6.37. The molecule has 1 unspecified atom stereocenters. The average Bonchev–Trinajstić information content (AvgIpc) is 2.35. The van der Waals surface area contributed by atoms with Crippen molar-refractivity contribution >= 4 is 5.91 Å². The molecule has 0 aromatic carbocycles.